The molecule has 0 N–H and O–H groups in total. The number of para-hydroxylation sites is 2. The van der Waals surface area contributed by atoms with Gasteiger partial charge in [-0.25, -0.2) is 4.98 Å². The molecule has 1 heterocycles. The molecule has 3 aromatic rings. The monoisotopic (exact) mass is 463 g/mol. The van der Waals surface area contributed by atoms with E-state index in [1.165, 1.54) is 38.5 Å². The van der Waals surface area contributed by atoms with Gasteiger partial charge in [0.1, 0.15) is 12.4 Å². The van der Waals surface area contributed by atoms with Crippen molar-refractivity contribution in [1.82, 2.24) is 14.5 Å². The molecule has 2 fully saturated rings. The zero-order valence-electron chi connectivity index (χ0n) is 19.4. The average Bonchev–Trinajstić information content (AvgIpc) is 3.19. The van der Waals surface area contributed by atoms with Crippen LogP contribution >= 0.6 is 11.6 Å². The second kappa shape index (κ2) is 10.3. The molecule has 0 aliphatic heterocycles. The van der Waals surface area contributed by atoms with Crippen LogP contribution < -0.4 is 0 Å². The molecule has 2 saturated carbocycles. The van der Waals surface area contributed by atoms with Crippen LogP contribution in [0.4, 0.5) is 0 Å². The van der Waals surface area contributed by atoms with Gasteiger partial charge in [0.25, 0.3) is 0 Å². The molecule has 1 amide bonds. The third-order valence-corrected chi connectivity index (χ3v) is 7.93. The number of rotatable bonds is 6. The van der Waals surface area contributed by atoms with Crippen molar-refractivity contribution in [2.45, 2.75) is 89.3 Å². The first-order valence-electron chi connectivity index (χ1n) is 12.7. The summed E-state index contributed by atoms with van der Waals surface area (Å²) in [6.45, 7) is 0.354. The summed E-state index contributed by atoms with van der Waals surface area (Å²) in [6, 6.07) is 16.9. The number of carbonyl (C=O) groups is 1. The lowest BCUT2D eigenvalue weighted by molar-refractivity contribution is -0.138. The van der Waals surface area contributed by atoms with Crippen molar-refractivity contribution in [3.63, 3.8) is 0 Å². The predicted molar refractivity (Wildman–Crippen MR) is 135 cm³/mol. The molecule has 174 valence electrons. The van der Waals surface area contributed by atoms with E-state index in [0.29, 0.717) is 25.0 Å². The Morgan fingerprint density at radius 2 is 1.48 bits per heavy atom. The average molecular weight is 464 g/mol. The molecular weight excluding hydrogens is 430 g/mol. The highest BCUT2D eigenvalue weighted by molar-refractivity contribution is 6.31. The van der Waals surface area contributed by atoms with Gasteiger partial charge in [0.15, 0.2) is 0 Å². The van der Waals surface area contributed by atoms with Crippen LogP contribution in [0.2, 0.25) is 5.02 Å². The van der Waals surface area contributed by atoms with Gasteiger partial charge in [-0.2, -0.15) is 0 Å². The molecular formula is C28H34ClN3O. The number of halogens is 1. The second-order valence-corrected chi connectivity index (χ2v) is 10.2. The van der Waals surface area contributed by atoms with Gasteiger partial charge in [0, 0.05) is 23.5 Å². The zero-order valence-corrected chi connectivity index (χ0v) is 20.1. The number of benzene rings is 2. The lowest BCUT2D eigenvalue weighted by Gasteiger charge is -2.42. The zero-order chi connectivity index (χ0) is 22.6. The van der Waals surface area contributed by atoms with Crippen molar-refractivity contribution in [3.8, 4) is 0 Å². The van der Waals surface area contributed by atoms with Crippen LogP contribution in [0.25, 0.3) is 11.0 Å². The first-order chi connectivity index (χ1) is 16.2. The smallest absolute Gasteiger partial charge is 0.243 e. The molecule has 2 aliphatic rings. The summed E-state index contributed by atoms with van der Waals surface area (Å²) in [7, 11) is 0. The van der Waals surface area contributed by atoms with Crippen molar-refractivity contribution in [2.24, 2.45) is 0 Å². The van der Waals surface area contributed by atoms with Crippen molar-refractivity contribution < 1.29 is 4.79 Å². The van der Waals surface area contributed by atoms with Gasteiger partial charge < -0.3 is 9.47 Å². The van der Waals surface area contributed by atoms with Crippen LogP contribution in [0.3, 0.4) is 0 Å². The minimum atomic E-state index is 0.261. The van der Waals surface area contributed by atoms with E-state index in [0.717, 1.165) is 53.1 Å². The quantitative estimate of drug-likeness (QED) is 0.404. The van der Waals surface area contributed by atoms with Gasteiger partial charge >= 0.3 is 0 Å². The van der Waals surface area contributed by atoms with Gasteiger partial charge in [-0.1, -0.05) is 80.5 Å². The van der Waals surface area contributed by atoms with Crippen molar-refractivity contribution in [2.75, 3.05) is 0 Å². The Balaban J connectivity index is 1.47. The van der Waals surface area contributed by atoms with E-state index in [1.54, 1.807) is 0 Å². The highest BCUT2D eigenvalue weighted by Crippen LogP contribution is 2.31. The van der Waals surface area contributed by atoms with E-state index in [2.05, 4.69) is 15.5 Å². The summed E-state index contributed by atoms with van der Waals surface area (Å²) >= 11 is 6.47. The molecule has 0 radical (unpaired) electrons. The summed E-state index contributed by atoms with van der Waals surface area (Å²) in [6.07, 6.45) is 12.8. The Labute approximate surface area is 201 Å². The summed E-state index contributed by atoms with van der Waals surface area (Å²) in [4.78, 5) is 21.2. The Morgan fingerprint density at radius 3 is 2.15 bits per heavy atom. The summed E-state index contributed by atoms with van der Waals surface area (Å²) < 4.78 is 2.14. The normalized spacial score (nSPS) is 18.0. The molecule has 2 aliphatic carbocycles. The Kier molecular flexibility index (Phi) is 7.01. The van der Waals surface area contributed by atoms with E-state index >= 15 is 0 Å². The minimum Gasteiger partial charge on any atom is -0.335 e. The third-order valence-electron chi connectivity index (χ3n) is 7.56. The van der Waals surface area contributed by atoms with Crippen molar-refractivity contribution in [1.29, 1.82) is 0 Å². The van der Waals surface area contributed by atoms with Gasteiger partial charge in [0.2, 0.25) is 5.91 Å². The van der Waals surface area contributed by atoms with Crippen LogP contribution in [-0.2, 0) is 17.8 Å². The van der Waals surface area contributed by atoms with Crippen LogP contribution in [0.5, 0.6) is 0 Å². The molecule has 0 unspecified atom stereocenters. The van der Waals surface area contributed by atoms with Crippen LogP contribution in [0, 0.1) is 0 Å². The molecule has 2 aromatic carbocycles. The number of fused-ring (bicyclic) bond motifs is 1. The predicted octanol–water partition coefficient (Wildman–Crippen LogP) is 6.77. The van der Waals surface area contributed by atoms with Gasteiger partial charge in [-0.3, -0.25) is 4.79 Å². The molecule has 5 heteroatoms. The van der Waals surface area contributed by atoms with Crippen LogP contribution in [0.15, 0.2) is 48.5 Å². The van der Waals surface area contributed by atoms with Crippen LogP contribution in [-0.4, -0.2) is 32.4 Å². The molecule has 1 aromatic heterocycles. The molecule has 5 rings (SSSR count). The van der Waals surface area contributed by atoms with E-state index in [4.69, 9.17) is 16.6 Å². The molecule has 0 spiro atoms. The molecule has 0 bridgehead atoms. The summed E-state index contributed by atoms with van der Waals surface area (Å²) in [5.41, 5.74) is 3.01. The number of amides is 1. The van der Waals surface area contributed by atoms with Gasteiger partial charge in [-0.05, 0) is 49.4 Å². The Morgan fingerprint density at radius 1 is 0.879 bits per heavy atom. The maximum atomic E-state index is 14.0. The first kappa shape index (κ1) is 22.5. The van der Waals surface area contributed by atoms with Gasteiger partial charge in [-0.15, -0.1) is 0 Å². The topological polar surface area (TPSA) is 38.1 Å². The van der Waals surface area contributed by atoms with E-state index < -0.39 is 0 Å². The highest BCUT2D eigenvalue weighted by atomic mass is 35.5. The van der Waals surface area contributed by atoms with Gasteiger partial charge in [0.05, 0.1) is 11.0 Å². The first-order valence-corrected chi connectivity index (χ1v) is 13.1. The minimum absolute atomic E-state index is 0.261. The second-order valence-electron chi connectivity index (χ2n) is 9.76. The fourth-order valence-corrected chi connectivity index (χ4v) is 6.09. The highest BCUT2D eigenvalue weighted by Gasteiger charge is 2.33. The van der Waals surface area contributed by atoms with Crippen molar-refractivity contribution in [3.05, 3.63) is 64.9 Å². The van der Waals surface area contributed by atoms with E-state index in [1.807, 2.05) is 42.5 Å². The number of carbonyl (C=O) groups excluding carboxylic acids is 1. The fraction of sp³-hybridized carbons (Fsp3) is 0.500. The number of hydrogen-bond acceptors (Lipinski definition) is 2. The fourth-order valence-electron chi connectivity index (χ4n) is 5.89. The molecule has 0 saturated heterocycles. The lowest BCUT2D eigenvalue weighted by atomic mass is 9.88. The molecule has 0 atom stereocenters. The largest absolute Gasteiger partial charge is 0.335 e. The number of aromatic nitrogens is 2. The Bertz CT molecular complexity index is 1080. The third kappa shape index (κ3) is 4.96. The maximum Gasteiger partial charge on any atom is 0.243 e. The molecule has 4 nitrogen and oxygen atoms in total. The molecule has 33 heavy (non-hydrogen) atoms. The number of imidazole rings is 1. The number of nitrogens with zero attached hydrogens (tertiary/aromatic N) is 3. The lowest BCUT2D eigenvalue weighted by Crippen LogP contribution is -2.50. The number of hydrogen-bond donors (Lipinski definition) is 0. The standard InChI is InChI=1S/C28H34ClN3O/c29-24-16-8-7-11-21(24)19-27-30-25-17-9-10-18-26(25)31(27)20-28(33)32(22-12-3-1-4-13-22)23-14-5-2-6-15-23/h7-11,16-18,22-23H,1-6,12-15,19-20H2. The summed E-state index contributed by atoms with van der Waals surface area (Å²) in [5, 5.41) is 0.744. The SMILES string of the molecule is O=C(Cn1c(Cc2ccccc2Cl)nc2ccccc21)N(C1CCCCC1)C1CCCCC1. The van der Waals surface area contributed by atoms with Crippen LogP contribution in [0.1, 0.15) is 75.6 Å². The summed E-state index contributed by atoms with van der Waals surface area (Å²) in [5.74, 6) is 1.17. The van der Waals surface area contributed by atoms with E-state index in [9.17, 15) is 4.79 Å². The van der Waals surface area contributed by atoms with Crippen molar-refractivity contribution >= 4 is 28.5 Å². The maximum absolute atomic E-state index is 14.0. The Hall–Kier alpha value is -2.33. The van der Waals surface area contributed by atoms with E-state index in [-0.39, 0.29) is 5.91 Å².